The van der Waals surface area contributed by atoms with E-state index in [0.29, 0.717) is 5.69 Å². The highest BCUT2D eigenvalue weighted by Gasteiger charge is 2.24. The second kappa shape index (κ2) is 6.20. The van der Waals surface area contributed by atoms with Crippen LogP contribution in [-0.2, 0) is 0 Å². The molecule has 4 N–H and O–H groups in total. The summed E-state index contributed by atoms with van der Waals surface area (Å²) in [6, 6.07) is 10.3. The number of nitro groups is 1. The molecule has 0 radical (unpaired) electrons. The van der Waals surface area contributed by atoms with Crippen molar-refractivity contribution < 1.29 is 25.0 Å². The second-order valence-corrected chi connectivity index (χ2v) is 4.38. The van der Waals surface area contributed by atoms with Crippen molar-refractivity contribution in [1.82, 2.24) is 0 Å². The van der Waals surface area contributed by atoms with Gasteiger partial charge in [-0.3, -0.25) is 10.1 Å². The van der Waals surface area contributed by atoms with E-state index in [1.165, 1.54) is 0 Å². The van der Waals surface area contributed by atoms with Crippen LogP contribution in [-0.4, -0.2) is 26.2 Å². The maximum absolute atomic E-state index is 11.1. The van der Waals surface area contributed by atoms with Crippen LogP contribution in [0.1, 0.15) is 22.2 Å². The number of aliphatic hydroxyl groups excluding tert-OH is 1. The predicted octanol–water partition coefficient (Wildman–Crippen LogP) is 2.02. The summed E-state index contributed by atoms with van der Waals surface area (Å²) in [5.41, 5.74) is -0.862. The Labute approximate surface area is 124 Å². The lowest BCUT2D eigenvalue weighted by Crippen LogP contribution is -2.09. The number of nitro benzene ring substituents is 1. The SMILES string of the molecule is O=C(O)c1cc([N+](=O)[O-])c(Nc2ccccc2)cc1C(O)O. The molecular weight excluding hydrogens is 292 g/mol. The minimum absolute atomic E-state index is 0.0377. The van der Waals surface area contributed by atoms with Crippen LogP contribution in [0.3, 0.4) is 0 Å². The van der Waals surface area contributed by atoms with E-state index in [4.69, 9.17) is 5.11 Å². The smallest absolute Gasteiger partial charge is 0.336 e. The summed E-state index contributed by atoms with van der Waals surface area (Å²) in [5.74, 6) is -1.49. The minimum atomic E-state index is -2.07. The van der Waals surface area contributed by atoms with Gasteiger partial charge in [-0.1, -0.05) is 18.2 Å². The number of benzene rings is 2. The van der Waals surface area contributed by atoms with Crippen LogP contribution in [0.2, 0.25) is 0 Å². The number of aromatic carboxylic acids is 1. The Hall–Kier alpha value is -2.97. The molecule has 8 nitrogen and oxygen atoms in total. The highest BCUT2D eigenvalue weighted by Crippen LogP contribution is 2.33. The van der Waals surface area contributed by atoms with E-state index in [9.17, 15) is 25.1 Å². The van der Waals surface area contributed by atoms with Crippen LogP contribution < -0.4 is 5.32 Å². The Morgan fingerprint density at radius 1 is 1.18 bits per heavy atom. The van der Waals surface area contributed by atoms with Crippen LogP contribution in [0.25, 0.3) is 0 Å². The summed E-state index contributed by atoms with van der Waals surface area (Å²) in [5, 5.41) is 41.4. The van der Waals surface area contributed by atoms with Crippen LogP contribution >= 0.6 is 0 Å². The highest BCUT2D eigenvalue weighted by atomic mass is 16.6. The second-order valence-electron chi connectivity index (χ2n) is 4.38. The van der Waals surface area contributed by atoms with E-state index < -0.39 is 28.4 Å². The Bertz CT molecular complexity index is 715. The average Bonchev–Trinajstić information content (AvgIpc) is 2.47. The Kier molecular flexibility index (Phi) is 4.35. The van der Waals surface area contributed by atoms with E-state index >= 15 is 0 Å². The van der Waals surface area contributed by atoms with E-state index in [2.05, 4.69) is 5.32 Å². The standard InChI is InChI=1S/C14H12N2O6/c17-13(18)9-6-11(15-8-4-2-1-3-5-8)12(16(21)22)7-10(9)14(19)20/h1-7,13,15,17-18H,(H,19,20). The van der Waals surface area contributed by atoms with Crippen molar-refractivity contribution >= 4 is 23.0 Å². The molecule has 2 aromatic carbocycles. The fourth-order valence-corrected chi connectivity index (χ4v) is 1.93. The van der Waals surface area contributed by atoms with E-state index in [-0.39, 0.29) is 11.3 Å². The summed E-state index contributed by atoms with van der Waals surface area (Å²) in [4.78, 5) is 21.5. The summed E-state index contributed by atoms with van der Waals surface area (Å²) in [7, 11) is 0. The lowest BCUT2D eigenvalue weighted by molar-refractivity contribution is -0.384. The number of hydrogen-bond donors (Lipinski definition) is 4. The molecule has 0 aromatic heterocycles. The van der Waals surface area contributed by atoms with Gasteiger partial charge in [0.1, 0.15) is 5.69 Å². The van der Waals surface area contributed by atoms with Gasteiger partial charge in [0.05, 0.1) is 10.5 Å². The van der Waals surface area contributed by atoms with Crippen LogP contribution in [0.5, 0.6) is 0 Å². The molecule has 114 valence electrons. The quantitative estimate of drug-likeness (QED) is 0.377. The molecule has 0 saturated heterocycles. The fourth-order valence-electron chi connectivity index (χ4n) is 1.93. The summed E-state index contributed by atoms with van der Waals surface area (Å²) in [6.45, 7) is 0. The first-order valence-electron chi connectivity index (χ1n) is 6.14. The van der Waals surface area contributed by atoms with Gasteiger partial charge >= 0.3 is 5.97 Å². The van der Waals surface area contributed by atoms with Gasteiger partial charge in [0.2, 0.25) is 0 Å². The number of rotatable bonds is 5. The lowest BCUT2D eigenvalue weighted by Gasteiger charge is -2.13. The van der Waals surface area contributed by atoms with Gasteiger partial charge in [0, 0.05) is 17.3 Å². The zero-order valence-electron chi connectivity index (χ0n) is 11.1. The third-order valence-electron chi connectivity index (χ3n) is 2.93. The zero-order valence-corrected chi connectivity index (χ0v) is 11.1. The molecule has 8 heteroatoms. The van der Waals surface area contributed by atoms with Crippen molar-refractivity contribution in [3.63, 3.8) is 0 Å². The van der Waals surface area contributed by atoms with Gasteiger partial charge in [-0.2, -0.15) is 0 Å². The number of anilines is 2. The van der Waals surface area contributed by atoms with Gasteiger partial charge in [0.15, 0.2) is 6.29 Å². The molecule has 2 aromatic rings. The molecule has 0 aliphatic rings. The molecule has 0 heterocycles. The van der Waals surface area contributed by atoms with Crippen molar-refractivity contribution in [2.24, 2.45) is 0 Å². The molecule has 2 rings (SSSR count). The average molecular weight is 304 g/mol. The molecule has 0 aliphatic heterocycles. The van der Waals surface area contributed by atoms with Crippen molar-refractivity contribution in [2.45, 2.75) is 6.29 Å². The van der Waals surface area contributed by atoms with Gasteiger partial charge in [0.25, 0.3) is 5.69 Å². The molecule has 0 aliphatic carbocycles. The first-order chi connectivity index (χ1) is 10.4. The molecule has 0 spiro atoms. The number of carboxylic acids is 1. The number of carbonyl (C=O) groups is 1. The van der Waals surface area contributed by atoms with Crippen molar-refractivity contribution in [2.75, 3.05) is 5.32 Å². The lowest BCUT2D eigenvalue weighted by atomic mass is 10.0. The largest absolute Gasteiger partial charge is 0.478 e. The third kappa shape index (κ3) is 3.19. The Balaban J connectivity index is 2.58. The number of nitrogens with one attached hydrogen (secondary N) is 1. The molecular formula is C14H12N2O6. The number of hydrogen-bond acceptors (Lipinski definition) is 6. The number of para-hydroxylation sites is 1. The van der Waals surface area contributed by atoms with Crippen molar-refractivity contribution in [3.8, 4) is 0 Å². The maximum Gasteiger partial charge on any atom is 0.336 e. The van der Waals surface area contributed by atoms with Crippen LogP contribution in [0.15, 0.2) is 42.5 Å². The van der Waals surface area contributed by atoms with Gasteiger partial charge in [-0.05, 0) is 18.2 Å². The molecule has 0 amide bonds. The molecule has 0 atom stereocenters. The molecule has 0 saturated carbocycles. The monoisotopic (exact) mass is 304 g/mol. The van der Waals surface area contributed by atoms with Gasteiger partial charge in [-0.15, -0.1) is 0 Å². The molecule has 0 bridgehead atoms. The first-order valence-corrected chi connectivity index (χ1v) is 6.14. The summed E-state index contributed by atoms with van der Waals surface area (Å²) < 4.78 is 0. The van der Waals surface area contributed by atoms with Crippen molar-refractivity contribution in [1.29, 1.82) is 0 Å². The van der Waals surface area contributed by atoms with E-state index in [1.807, 2.05) is 0 Å². The van der Waals surface area contributed by atoms with Crippen LogP contribution in [0, 0.1) is 10.1 Å². The zero-order chi connectivity index (χ0) is 16.3. The van der Waals surface area contributed by atoms with Gasteiger partial charge < -0.3 is 20.6 Å². The summed E-state index contributed by atoms with van der Waals surface area (Å²) >= 11 is 0. The summed E-state index contributed by atoms with van der Waals surface area (Å²) in [6.07, 6.45) is -2.07. The Morgan fingerprint density at radius 3 is 2.32 bits per heavy atom. The highest BCUT2D eigenvalue weighted by molar-refractivity contribution is 5.92. The van der Waals surface area contributed by atoms with Crippen LogP contribution in [0.4, 0.5) is 17.1 Å². The number of carboxylic acid groups (broad SMARTS) is 1. The van der Waals surface area contributed by atoms with Crippen molar-refractivity contribution in [3.05, 3.63) is 63.7 Å². The van der Waals surface area contributed by atoms with Gasteiger partial charge in [-0.25, -0.2) is 4.79 Å². The van der Waals surface area contributed by atoms with E-state index in [0.717, 1.165) is 12.1 Å². The molecule has 0 unspecified atom stereocenters. The number of aliphatic hydroxyl groups is 2. The normalized spacial score (nSPS) is 10.5. The third-order valence-corrected chi connectivity index (χ3v) is 2.93. The number of nitrogens with zero attached hydrogens (tertiary/aromatic N) is 1. The molecule has 22 heavy (non-hydrogen) atoms. The topological polar surface area (TPSA) is 133 Å². The van der Waals surface area contributed by atoms with E-state index in [1.54, 1.807) is 30.3 Å². The first kappa shape index (κ1) is 15.4. The molecule has 0 fully saturated rings. The Morgan fingerprint density at radius 2 is 1.82 bits per heavy atom. The maximum atomic E-state index is 11.1. The minimum Gasteiger partial charge on any atom is -0.478 e. The fraction of sp³-hybridized carbons (Fsp3) is 0.0714. The predicted molar refractivity (Wildman–Crippen MR) is 77.0 cm³/mol.